The average Bonchev–Trinajstić information content (AvgIpc) is 2.81. The smallest absolute Gasteiger partial charge is 0.234 e. The summed E-state index contributed by atoms with van der Waals surface area (Å²) in [5.74, 6) is 0.411. The van der Waals surface area contributed by atoms with E-state index in [1.54, 1.807) is 18.2 Å². The Bertz CT molecular complexity index is 764. The Morgan fingerprint density at radius 2 is 2.00 bits per heavy atom. The molecule has 4 nitrogen and oxygen atoms in total. The second kappa shape index (κ2) is 4.92. The van der Waals surface area contributed by atoms with Crippen LogP contribution >= 0.6 is 0 Å². The second-order valence-corrected chi connectivity index (χ2v) is 4.77. The maximum atomic E-state index is 13.5. The molecule has 102 valence electrons. The molecule has 0 amide bonds. The SMILES string of the molecule is Cc1cc(C)n2cc(CNc3ccccc3F)nc2n1. The van der Waals surface area contributed by atoms with Crippen LogP contribution in [0, 0.1) is 19.7 Å². The van der Waals surface area contributed by atoms with Gasteiger partial charge in [0, 0.05) is 17.6 Å². The molecule has 0 aliphatic carbocycles. The van der Waals surface area contributed by atoms with Crippen molar-refractivity contribution in [3.63, 3.8) is 0 Å². The van der Waals surface area contributed by atoms with E-state index < -0.39 is 0 Å². The number of aryl methyl sites for hydroxylation is 2. The number of nitrogens with one attached hydrogen (secondary N) is 1. The van der Waals surface area contributed by atoms with Gasteiger partial charge in [0.2, 0.25) is 5.78 Å². The van der Waals surface area contributed by atoms with E-state index in [1.165, 1.54) is 6.07 Å². The van der Waals surface area contributed by atoms with E-state index in [-0.39, 0.29) is 5.82 Å². The van der Waals surface area contributed by atoms with Crippen LogP contribution in [0.2, 0.25) is 0 Å². The molecule has 0 aliphatic heterocycles. The van der Waals surface area contributed by atoms with E-state index in [9.17, 15) is 4.39 Å². The topological polar surface area (TPSA) is 42.2 Å². The number of aromatic nitrogens is 3. The summed E-state index contributed by atoms with van der Waals surface area (Å²) >= 11 is 0. The van der Waals surface area contributed by atoms with Gasteiger partial charge in [-0.05, 0) is 32.0 Å². The summed E-state index contributed by atoms with van der Waals surface area (Å²) in [6.07, 6.45) is 1.92. The normalized spacial score (nSPS) is 10.9. The summed E-state index contributed by atoms with van der Waals surface area (Å²) in [4.78, 5) is 8.83. The van der Waals surface area contributed by atoms with Crippen LogP contribution in [0.1, 0.15) is 17.1 Å². The van der Waals surface area contributed by atoms with Crippen LogP contribution in [0.5, 0.6) is 0 Å². The zero-order chi connectivity index (χ0) is 14.1. The molecule has 0 fully saturated rings. The average molecular weight is 270 g/mol. The van der Waals surface area contributed by atoms with Gasteiger partial charge >= 0.3 is 0 Å². The largest absolute Gasteiger partial charge is 0.377 e. The summed E-state index contributed by atoms with van der Waals surface area (Å²) < 4.78 is 15.4. The quantitative estimate of drug-likeness (QED) is 0.795. The Labute approximate surface area is 116 Å². The van der Waals surface area contributed by atoms with Crippen molar-refractivity contribution < 1.29 is 4.39 Å². The third-order valence-electron chi connectivity index (χ3n) is 3.15. The highest BCUT2D eigenvalue weighted by Crippen LogP contribution is 2.14. The summed E-state index contributed by atoms with van der Waals surface area (Å²) in [6.45, 7) is 4.42. The molecule has 1 aromatic carbocycles. The fourth-order valence-electron chi connectivity index (χ4n) is 2.19. The molecule has 0 atom stereocenters. The van der Waals surface area contributed by atoms with E-state index in [2.05, 4.69) is 15.3 Å². The summed E-state index contributed by atoms with van der Waals surface area (Å²) in [5.41, 5.74) is 3.33. The number of anilines is 1. The van der Waals surface area contributed by atoms with Crippen molar-refractivity contribution in [1.82, 2.24) is 14.4 Å². The monoisotopic (exact) mass is 270 g/mol. The molecule has 20 heavy (non-hydrogen) atoms. The summed E-state index contributed by atoms with van der Waals surface area (Å²) in [5, 5.41) is 3.05. The van der Waals surface area contributed by atoms with Crippen molar-refractivity contribution in [3.05, 3.63) is 59.4 Å². The van der Waals surface area contributed by atoms with Crippen LogP contribution in [-0.2, 0) is 6.54 Å². The number of para-hydroxylation sites is 1. The second-order valence-electron chi connectivity index (χ2n) is 4.77. The van der Waals surface area contributed by atoms with Gasteiger partial charge in [-0.25, -0.2) is 14.4 Å². The summed E-state index contributed by atoms with van der Waals surface area (Å²) in [6, 6.07) is 8.61. The fraction of sp³-hybridized carbons (Fsp3) is 0.200. The van der Waals surface area contributed by atoms with Gasteiger partial charge < -0.3 is 5.32 Å². The standard InChI is InChI=1S/C15H15FN4/c1-10-7-11(2)20-9-12(19-15(20)18-10)8-17-14-6-4-3-5-13(14)16/h3-7,9,17H,8H2,1-2H3. The first-order chi connectivity index (χ1) is 9.63. The molecule has 0 saturated heterocycles. The zero-order valence-electron chi connectivity index (χ0n) is 11.4. The number of rotatable bonds is 3. The van der Waals surface area contributed by atoms with Crippen LogP contribution in [-0.4, -0.2) is 14.4 Å². The Hall–Kier alpha value is -2.43. The first kappa shape index (κ1) is 12.6. The molecule has 2 aromatic heterocycles. The van der Waals surface area contributed by atoms with Crippen LogP contribution in [0.4, 0.5) is 10.1 Å². The number of nitrogens with zero attached hydrogens (tertiary/aromatic N) is 3. The third kappa shape index (κ3) is 2.34. The molecule has 0 spiro atoms. The highest BCUT2D eigenvalue weighted by Gasteiger charge is 2.06. The first-order valence-electron chi connectivity index (χ1n) is 6.44. The lowest BCUT2D eigenvalue weighted by atomic mass is 10.3. The van der Waals surface area contributed by atoms with E-state index in [0.29, 0.717) is 18.0 Å². The number of halogens is 1. The Morgan fingerprint density at radius 1 is 1.20 bits per heavy atom. The molecule has 0 bridgehead atoms. The van der Waals surface area contributed by atoms with Crippen LogP contribution in [0.3, 0.4) is 0 Å². The van der Waals surface area contributed by atoms with Crippen LogP contribution in [0.25, 0.3) is 5.78 Å². The van der Waals surface area contributed by atoms with Gasteiger partial charge in [-0.15, -0.1) is 0 Å². The Kier molecular flexibility index (Phi) is 3.10. The maximum absolute atomic E-state index is 13.5. The maximum Gasteiger partial charge on any atom is 0.234 e. The number of benzene rings is 1. The van der Waals surface area contributed by atoms with Crippen molar-refractivity contribution in [2.24, 2.45) is 0 Å². The van der Waals surface area contributed by atoms with Gasteiger partial charge in [0.15, 0.2) is 0 Å². The molecule has 5 heteroatoms. The number of hydrogen-bond acceptors (Lipinski definition) is 3. The molecule has 0 saturated carbocycles. The molecule has 0 aliphatic rings. The van der Waals surface area contributed by atoms with Crippen molar-refractivity contribution in [2.45, 2.75) is 20.4 Å². The van der Waals surface area contributed by atoms with Crippen molar-refractivity contribution in [1.29, 1.82) is 0 Å². The van der Waals surface area contributed by atoms with Gasteiger partial charge in [0.25, 0.3) is 0 Å². The lowest BCUT2D eigenvalue weighted by molar-refractivity contribution is 0.630. The van der Waals surface area contributed by atoms with Gasteiger partial charge in [0.1, 0.15) is 5.82 Å². The van der Waals surface area contributed by atoms with Crippen molar-refractivity contribution >= 4 is 11.5 Å². The molecule has 0 radical (unpaired) electrons. The van der Waals surface area contributed by atoms with Crippen LogP contribution in [0.15, 0.2) is 36.5 Å². The predicted octanol–water partition coefficient (Wildman–Crippen LogP) is 3.10. The minimum absolute atomic E-state index is 0.263. The lowest BCUT2D eigenvalue weighted by Gasteiger charge is -2.04. The van der Waals surface area contributed by atoms with E-state index >= 15 is 0 Å². The van der Waals surface area contributed by atoms with Crippen molar-refractivity contribution in [3.8, 4) is 0 Å². The fourth-order valence-corrected chi connectivity index (χ4v) is 2.19. The number of hydrogen-bond donors (Lipinski definition) is 1. The van der Waals surface area contributed by atoms with Gasteiger partial charge in [-0.3, -0.25) is 4.40 Å². The third-order valence-corrected chi connectivity index (χ3v) is 3.15. The molecular weight excluding hydrogens is 255 g/mol. The highest BCUT2D eigenvalue weighted by atomic mass is 19.1. The van der Waals surface area contributed by atoms with Crippen LogP contribution < -0.4 is 5.32 Å². The lowest BCUT2D eigenvalue weighted by Crippen LogP contribution is -2.01. The number of imidazole rings is 1. The molecule has 2 heterocycles. The zero-order valence-corrected chi connectivity index (χ0v) is 11.4. The number of fused-ring (bicyclic) bond motifs is 1. The molecule has 0 unspecified atom stereocenters. The predicted molar refractivity (Wildman–Crippen MR) is 76.2 cm³/mol. The Balaban J connectivity index is 1.85. The molecular formula is C15H15FN4. The van der Waals surface area contributed by atoms with Gasteiger partial charge in [0.05, 0.1) is 17.9 Å². The Morgan fingerprint density at radius 3 is 2.80 bits per heavy atom. The van der Waals surface area contributed by atoms with E-state index in [4.69, 9.17) is 0 Å². The minimum atomic E-state index is -0.263. The molecule has 1 N–H and O–H groups in total. The summed E-state index contributed by atoms with van der Waals surface area (Å²) in [7, 11) is 0. The highest BCUT2D eigenvalue weighted by molar-refractivity contribution is 5.45. The van der Waals surface area contributed by atoms with Gasteiger partial charge in [-0.2, -0.15) is 0 Å². The first-order valence-corrected chi connectivity index (χ1v) is 6.44. The molecule has 3 aromatic rings. The minimum Gasteiger partial charge on any atom is -0.377 e. The van der Waals surface area contributed by atoms with Gasteiger partial charge in [-0.1, -0.05) is 12.1 Å². The van der Waals surface area contributed by atoms with Crippen molar-refractivity contribution in [2.75, 3.05) is 5.32 Å². The van der Waals surface area contributed by atoms with E-state index in [1.807, 2.05) is 30.5 Å². The molecule has 3 rings (SSSR count). The van der Waals surface area contributed by atoms with E-state index in [0.717, 1.165) is 17.1 Å².